The number of ether oxygens (including phenoxy) is 2. The number of esters is 2. The van der Waals surface area contributed by atoms with E-state index >= 15 is 0 Å². The lowest BCUT2D eigenvalue weighted by Crippen LogP contribution is -2.70. The molecule has 0 bridgehead atoms. The zero-order valence-corrected chi connectivity index (χ0v) is 30.9. The topological polar surface area (TPSA) is 188 Å². The number of carbonyl (C=O) groups excluding carboxylic acids is 4. The molecule has 1 saturated carbocycles. The predicted molar refractivity (Wildman–Crippen MR) is 187 cm³/mol. The standard InChI is InChI=1S/C28H39N9O6S3.2ClH/c1-16(42-21(39)11-17-7-5-4-6-8-17)43-26(41)23-18(14-46-28-32-33-34-36(28)10-9-35(2)3)13-44-25-22(24(40)37(23)25)31-20(38)12-19-15-45-27(29)30-19;;/h15-17,22,25H,4-14H2,1-3H3,(H2,29,30)(H,31,38);2*1H/t16?,22-,25+;;/m1../s1. The molecule has 2 aromatic rings. The van der Waals surface area contributed by atoms with Crippen molar-refractivity contribution in [1.29, 1.82) is 0 Å². The van der Waals surface area contributed by atoms with E-state index in [0.717, 1.165) is 32.2 Å². The van der Waals surface area contributed by atoms with Crippen molar-refractivity contribution < 1.29 is 28.7 Å². The molecule has 3 atom stereocenters. The largest absolute Gasteiger partial charge is 0.425 e. The molecule has 1 unspecified atom stereocenters. The normalized spacial score (nSPS) is 19.8. The number of halogens is 2. The molecular formula is C28H41Cl2N9O6S3. The van der Waals surface area contributed by atoms with Crippen molar-refractivity contribution in [3.05, 3.63) is 22.3 Å². The van der Waals surface area contributed by atoms with E-state index in [4.69, 9.17) is 15.2 Å². The summed E-state index contributed by atoms with van der Waals surface area (Å²) < 4.78 is 12.7. The molecule has 48 heavy (non-hydrogen) atoms. The Labute approximate surface area is 303 Å². The molecule has 2 amide bonds. The van der Waals surface area contributed by atoms with Gasteiger partial charge in [-0.15, -0.1) is 53.0 Å². The molecule has 2 aliphatic heterocycles. The second-order valence-corrected chi connectivity index (χ2v) is 14.6. The number of aromatic nitrogens is 5. The molecule has 1 saturated heterocycles. The lowest BCUT2D eigenvalue weighted by molar-refractivity contribution is -0.185. The number of hydrogen-bond donors (Lipinski definition) is 2. The Hall–Kier alpha value is -2.64. The van der Waals surface area contributed by atoms with Crippen molar-refractivity contribution in [2.45, 2.75) is 81.3 Å². The van der Waals surface area contributed by atoms with E-state index in [2.05, 4.69) is 25.8 Å². The quantitative estimate of drug-likeness (QED) is 0.124. The minimum Gasteiger partial charge on any atom is -0.425 e. The molecular weight excluding hydrogens is 725 g/mol. The molecule has 4 heterocycles. The third-order valence-electron chi connectivity index (χ3n) is 7.85. The molecule has 1 aliphatic carbocycles. The van der Waals surface area contributed by atoms with Crippen LogP contribution in [-0.2, 0) is 41.6 Å². The Bertz CT molecular complexity index is 1470. The van der Waals surface area contributed by atoms with Crippen LogP contribution in [0.3, 0.4) is 0 Å². The molecule has 15 nitrogen and oxygen atoms in total. The van der Waals surface area contributed by atoms with Crippen LogP contribution in [0.4, 0.5) is 5.13 Å². The summed E-state index contributed by atoms with van der Waals surface area (Å²) in [4.78, 5) is 59.9. The maximum atomic E-state index is 13.7. The molecule has 20 heteroatoms. The number of fused-ring (bicyclic) bond motifs is 1. The number of nitrogens with one attached hydrogen (secondary N) is 1. The molecule has 3 aliphatic rings. The Morgan fingerprint density at radius 3 is 2.62 bits per heavy atom. The van der Waals surface area contributed by atoms with Gasteiger partial charge in [-0.25, -0.2) is 14.5 Å². The highest BCUT2D eigenvalue weighted by Gasteiger charge is 2.54. The van der Waals surface area contributed by atoms with Crippen molar-refractivity contribution in [1.82, 2.24) is 40.3 Å². The number of amides is 2. The number of β-lactam (4-membered cyclic amide) rings is 1. The van der Waals surface area contributed by atoms with Crippen molar-refractivity contribution in [2.24, 2.45) is 5.92 Å². The van der Waals surface area contributed by atoms with Gasteiger partial charge in [-0.05, 0) is 48.9 Å². The number of nitrogen functional groups attached to an aromatic ring is 1. The number of nitrogens with zero attached hydrogens (tertiary/aromatic N) is 7. The van der Waals surface area contributed by atoms with Crippen LogP contribution in [0.15, 0.2) is 21.8 Å². The van der Waals surface area contributed by atoms with Crippen LogP contribution < -0.4 is 11.1 Å². The van der Waals surface area contributed by atoms with E-state index in [-0.39, 0.29) is 55.2 Å². The highest BCUT2D eigenvalue weighted by molar-refractivity contribution is 8.01. The van der Waals surface area contributed by atoms with Gasteiger partial charge in [0.05, 0.1) is 18.7 Å². The van der Waals surface area contributed by atoms with Crippen LogP contribution in [0.5, 0.6) is 0 Å². The van der Waals surface area contributed by atoms with E-state index in [1.54, 1.807) is 10.1 Å². The summed E-state index contributed by atoms with van der Waals surface area (Å²) in [6, 6.07) is -0.824. The highest BCUT2D eigenvalue weighted by atomic mass is 35.5. The molecule has 2 aromatic heterocycles. The van der Waals surface area contributed by atoms with Crippen LogP contribution in [-0.4, -0.2) is 109 Å². The molecule has 5 rings (SSSR count). The second kappa shape index (κ2) is 18.4. The fourth-order valence-corrected chi connectivity index (χ4v) is 8.50. The van der Waals surface area contributed by atoms with E-state index in [1.807, 2.05) is 19.0 Å². The average molecular weight is 767 g/mol. The number of likely N-dealkylation sites (N-methyl/N-ethyl adjacent to an activating group) is 1. The summed E-state index contributed by atoms with van der Waals surface area (Å²) in [5, 5.41) is 16.9. The fourth-order valence-electron chi connectivity index (χ4n) is 5.55. The third kappa shape index (κ3) is 10.2. The lowest BCUT2D eigenvalue weighted by Gasteiger charge is -2.49. The molecule has 0 radical (unpaired) electrons. The summed E-state index contributed by atoms with van der Waals surface area (Å²) in [5.41, 5.74) is 6.92. The Kier molecular flexibility index (Phi) is 15.2. The zero-order chi connectivity index (χ0) is 32.8. The van der Waals surface area contributed by atoms with Gasteiger partial charge in [0.1, 0.15) is 17.1 Å². The summed E-state index contributed by atoms with van der Waals surface area (Å²) in [5.74, 6) is -1.01. The van der Waals surface area contributed by atoms with Crippen molar-refractivity contribution in [2.75, 3.05) is 37.9 Å². The van der Waals surface area contributed by atoms with Gasteiger partial charge in [0, 0.05) is 36.8 Å². The van der Waals surface area contributed by atoms with Crippen LogP contribution in [0, 0.1) is 5.92 Å². The first-order valence-corrected chi connectivity index (χ1v) is 18.1. The molecule has 0 aromatic carbocycles. The minimum atomic E-state index is -1.14. The number of thiazole rings is 1. The van der Waals surface area contributed by atoms with Gasteiger partial charge >= 0.3 is 11.9 Å². The van der Waals surface area contributed by atoms with Gasteiger partial charge in [0.15, 0.2) is 5.13 Å². The van der Waals surface area contributed by atoms with Crippen molar-refractivity contribution >= 4 is 88.6 Å². The summed E-state index contributed by atoms with van der Waals surface area (Å²) >= 11 is 4.02. The van der Waals surface area contributed by atoms with Gasteiger partial charge < -0.3 is 25.4 Å². The number of hydrogen-bond acceptors (Lipinski definition) is 15. The highest BCUT2D eigenvalue weighted by Crippen LogP contribution is 2.42. The smallest absolute Gasteiger partial charge is 0.358 e. The maximum absolute atomic E-state index is 13.7. The number of tetrazole rings is 1. The van der Waals surface area contributed by atoms with Gasteiger partial charge in [-0.3, -0.25) is 19.3 Å². The Morgan fingerprint density at radius 2 is 1.94 bits per heavy atom. The first-order chi connectivity index (χ1) is 22.1. The summed E-state index contributed by atoms with van der Waals surface area (Å²) in [6.07, 6.45) is 4.48. The first-order valence-electron chi connectivity index (χ1n) is 15.2. The van der Waals surface area contributed by atoms with Crippen LogP contribution in [0.25, 0.3) is 0 Å². The summed E-state index contributed by atoms with van der Waals surface area (Å²) in [7, 11) is 3.91. The van der Waals surface area contributed by atoms with E-state index in [1.165, 1.54) is 53.1 Å². The van der Waals surface area contributed by atoms with E-state index in [0.29, 0.717) is 39.6 Å². The number of rotatable bonds is 14. The molecule has 266 valence electrons. The maximum Gasteiger partial charge on any atom is 0.358 e. The fraction of sp³-hybridized carbons (Fsp3) is 0.643. The molecule has 0 spiro atoms. The Morgan fingerprint density at radius 1 is 1.19 bits per heavy atom. The number of thioether (sulfide) groups is 2. The van der Waals surface area contributed by atoms with Gasteiger partial charge in [0.25, 0.3) is 5.91 Å². The SMILES string of the molecule is CC(OC(=O)CC1CCCCC1)OC(=O)C1=C(CSc2nnnn2CCN(C)C)CS[C@H]2[C@H](NC(=O)Cc3csc(N)n3)C(=O)N12.Cl.Cl. The number of carbonyl (C=O) groups is 4. The van der Waals surface area contributed by atoms with Gasteiger partial charge in [0.2, 0.25) is 17.4 Å². The van der Waals surface area contributed by atoms with Crippen molar-refractivity contribution in [3.63, 3.8) is 0 Å². The minimum absolute atomic E-state index is 0. The van der Waals surface area contributed by atoms with Gasteiger partial charge in [-0.1, -0.05) is 31.0 Å². The monoisotopic (exact) mass is 765 g/mol. The van der Waals surface area contributed by atoms with Crippen LogP contribution in [0.1, 0.15) is 51.1 Å². The third-order valence-corrected chi connectivity index (χ3v) is 11.0. The van der Waals surface area contributed by atoms with Crippen LogP contribution in [0.2, 0.25) is 0 Å². The lowest BCUT2D eigenvalue weighted by atomic mass is 9.87. The molecule has 3 N–H and O–H groups in total. The second-order valence-electron chi connectivity index (χ2n) is 11.7. The Balaban J connectivity index is 0.00000312. The number of anilines is 1. The van der Waals surface area contributed by atoms with Gasteiger partial charge in [-0.2, -0.15) is 0 Å². The first kappa shape index (κ1) is 39.8. The van der Waals surface area contributed by atoms with Crippen molar-refractivity contribution in [3.8, 4) is 0 Å². The van der Waals surface area contributed by atoms with E-state index < -0.39 is 35.6 Å². The molecule has 2 fully saturated rings. The summed E-state index contributed by atoms with van der Waals surface area (Å²) in [6.45, 7) is 2.81. The van der Waals surface area contributed by atoms with E-state index in [9.17, 15) is 19.2 Å². The predicted octanol–water partition coefficient (Wildman–Crippen LogP) is 2.51. The number of nitrogens with two attached hydrogens (primary N) is 1. The zero-order valence-electron chi connectivity index (χ0n) is 26.9. The van der Waals surface area contributed by atoms with Crippen LogP contribution >= 0.6 is 59.7 Å². The average Bonchev–Trinajstić information content (AvgIpc) is 3.65.